The summed E-state index contributed by atoms with van der Waals surface area (Å²) in [5.74, 6) is -1.26. The molecule has 1 aromatic rings. The van der Waals surface area contributed by atoms with Crippen LogP contribution in [-0.2, 0) is 4.79 Å². The predicted molar refractivity (Wildman–Crippen MR) is 77.0 cm³/mol. The van der Waals surface area contributed by atoms with E-state index in [0.717, 1.165) is 25.7 Å². The average molecular weight is 297 g/mol. The fourth-order valence-corrected chi connectivity index (χ4v) is 2.54. The van der Waals surface area contributed by atoms with Crippen LogP contribution in [0.3, 0.4) is 0 Å². The molecule has 108 valence electrons. The van der Waals surface area contributed by atoms with E-state index in [-0.39, 0.29) is 23.4 Å². The summed E-state index contributed by atoms with van der Waals surface area (Å²) < 4.78 is 0. The minimum Gasteiger partial charge on any atom is -0.478 e. The number of aromatic carboxylic acids is 1. The van der Waals surface area contributed by atoms with Gasteiger partial charge in [0.25, 0.3) is 0 Å². The van der Waals surface area contributed by atoms with Gasteiger partial charge in [0.15, 0.2) is 0 Å². The molecule has 0 radical (unpaired) electrons. The number of nitrogens with two attached hydrogens (primary N) is 1. The fourth-order valence-electron chi connectivity index (χ4n) is 2.37. The van der Waals surface area contributed by atoms with Gasteiger partial charge in [-0.25, -0.2) is 4.79 Å². The Balaban J connectivity index is 2.07. The first-order valence-corrected chi connectivity index (χ1v) is 6.94. The third-order valence-electron chi connectivity index (χ3n) is 3.61. The highest BCUT2D eigenvalue weighted by molar-refractivity contribution is 6.33. The van der Waals surface area contributed by atoms with E-state index in [1.807, 2.05) is 0 Å². The zero-order valence-corrected chi connectivity index (χ0v) is 11.7. The molecule has 1 aliphatic carbocycles. The molecule has 0 spiro atoms. The van der Waals surface area contributed by atoms with Gasteiger partial charge in [-0.2, -0.15) is 0 Å². The second-order valence-corrected chi connectivity index (χ2v) is 5.51. The number of nitrogens with one attached hydrogen (secondary N) is 1. The number of anilines is 1. The molecule has 1 aliphatic rings. The highest BCUT2D eigenvalue weighted by Gasteiger charge is 2.25. The predicted octanol–water partition coefficient (Wildman–Crippen LogP) is 2.49. The van der Waals surface area contributed by atoms with Crippen LogP contribution in [0.1, 0.15) is 36.0 Å². The van der Waals surface area contributed by atoms with E-state index >= 15 is 0 Å². The minimum atomic E-state index is -1.05. The van der Waals surface area contributed by atoms with Gasteiger partial charge in [0, 0.05) is 12.0 Å². The molecule has 1 amide bonds. The van der Waals surface area contributed by atoms with Crippen molar-refractivity contribution in [3.05, 3.63) is 28.8 Å². The molecule has 0 bridgehead atoms. The number of amides is 1. The molecule has 1 aromatic carbocycles. The second-order valence-electron chi connectivity index (χ2n) is 5.10. The van der Waals surface area contributed by atoms with Gasteiger partial charge in [-0.15, -0.1) is 0 Å². The van der Waals surface area contributed by atoms with Crippen LogP contribution in [0.4, 0.5) is 5.69 Å². The van der Waals surface area contributed by atoms with Crippen molar-refractivity contribution in [2.45, 2.75) is 31.7 Å². The molecule has 0 saturated heterocycles. The lowest BCUT2D eigenvalue weighted by Gasteiger charge is -2.25. The van der Waals surface area contributed by atoms with Gasteiger partial charge in [0.2, 0.25) is 5.91 Å². The molecular formula is C14H17ClN2O3. The highest BCUT2D eigenvalue weighted by atomic mass is 35.5. The van der Waals surface area contributed by atoms with Gasteiger partial charge in [-0.1, -0.05) is 11.6 Å². The first-order chi connectivity index (χ1) is 9.47. The van der Waals surface area contributed by atoms with E-state index < -0.39 is 5.97 Å². The summed E-state index contributed by atoms with van der Waals surface area (Å²) in [5.41, 5.74) is 6.24. The van der Waals surface area contributed by atoms with Crippen LogP contribution in [0.25, 0.3) is 0 Å². The van der Waals surface area contributed by atoms with Crippen molar-refractivity contribution in [2.24, 2.45) is 11.7 Å². The summed E-state index contributed by atoms with van der Waals surface area (Å²) in [4.78, 5) is 23.1. The van der Waals surface area contributed by atoms with Gasteiger partial charge in [0.05, 0.1) is 16.3 Å². The van der Waals surface area contributed by atoms with Crippen molar-refractivity contribution in [3.63, 3.8) is 0 Å². The summed E-state index contributed by atoms with van der Waals surface area (Å²) >= 11 is 5.98. The van der Waals surface area contributed by atoms with Crippen molar-refractivity contribution in [2.75, 3.05) is 5.32 Å². The minimum absolute atomic E-state index is 0.0839. The Hall–Kier alpha value is -1.59. The quantitative estimate of drug-likeness (QED) is 0.799. The highest BCUT2D eigenvalue weighted by Crippen LogP contribution is 2.27. The number of carbonyl (C=O) groups is 2. The lowest BCUT2D eigenvalue weighted by Crippen LogP contribution is -2.32. The van der Waals surface area contributed by atoms with Gasteiger partial charge < -0.3 is 16.2 Å². The Morgan fingerprint density at radius 3 is 2.50 bits per heavy atom. The van der Waals surface area contributed by atoms with Gasteiger partial charge in [-0.05, 0) is 43.9 Å². The average Bonchev–Trinajstić information content (AvgIpc) is 2.41. The first-order valence-electron chi connectivity index (χ1n) is 6.56. The Bertz CT molecular complexity index is 525. The van der Waals surface area contributed by atoms with Crippen molar-refractivity contribution in [1.82, 2.24) is 0 Å². The number of hydrogen-bond donors (Lipinski definition) is 3. The maximum Gasteiger partial charge on any atom is 0.335 e. The number of carboxylic acids is 1. The number of carboxylic acid groups (broad SMARTS) is 1. The molecule has 0 aromatic heterocycles. The zero-order valence-electron chi connectivity index (χ0n) is 10.9. The maximum absolute atomic E-state index is 12.1. The normalized spacial score (nSPS) is 22.3. The van der Waals surface area contributed by atoms with Crippen molar-refractivity contribution >= 4 is 29.2 Å². The van der Waals surface area contributed by atoms with Crippen LogP contribution in [-0.4, -0.2) is 23.0 Å². The number of rotatable bonds is 3. The number of carbonyl (C=O) groups excluding carboxylic acids is 1. The number of hydrogen-bond acceptors (Lipinski definition) is 3. The fraction of sp³-hybridized carbons (Fsp3) is 0.429. The van der Waals surface area contributed by atoms with E-state index in [1.54, 1.807) is 0 Å². The second kappa shape index (κ2) is 6.24. The number of benzene rings is 1. The standard InChI is InChI=1S/C14H17ClN2O3/c15-11-6-3-9(14(19)20)7-12(11)17-13(18)8-1-4-10(16)5-2-8/h3,6-8,10H,1-2,4-5,16H2,(H,17,18)(H,19,20). The summed E-state index contributed by atoms with van der Waals surface area (Å²) in [6.45, 7) is 0. The van der Waals surface area contributed by atoms with E-state index in [2.05, 4.69) is 5.32 Å². The molecule has 0 atom stereocenters. The van der Waals surface area contributed by atoms with Crippen LogP contribution in [0.2, 0.25) is 5.02 Å². The summed E-state index contributed by atoms with van der Waals surface area (Å²) in [7, 11) is 0. The van der Waals surface area contributed by atoms with Crippen LogP contribution in [0, 0.1) is 5.92 Å². The summed E-state index contributed by atoms with van der Waals surface area (Å²) in [6.07, 6.45) is 3.18. The summed E-state index contributed by atoms with van der Waals surface area (Å²) in [6, 6.07) is 4.42. The van der Waals surface area contributed by atoms with Crippen molar-refractivity contribution < 1.29 is 14.7 Å². The van der Waals surface area contributed by atoms with E-state index in [0.29, 0.717) is 10.7 Å². The Morgan fingerprint density at radius 2 is 1.90 bits per heavy atom. The molecular weight excluding hydrogens is 280 g/mol. The zero-order chi connectivity index (χ0) is 14.7. The smallest absolute Gasteiger partial charge is 0.335 e. The molecule has 4 N–H and O–H groups in total. The SMILES string of the molecule is NC1CCC(C(=O)Nc2cc(C(=O)O)ccc2Cl)CC1. The van der Waals surface area contributed by atoms with Crippen LogP contribution < -0.4 is 11.1 Å². The molecule has 5 nitrogen and oxygen atoms in total. The molecule has 20 heavy (non-hydrogen) atoms. The van der Waals surface area contributed by atoms with E-state index in [1.165, 1.54) is 18.2 Å². The third-order valence-corrected chi connectivity index (χ3v) is 3.94. The van der Waals surface area contributed by atoms with E-state index in [9.17, 15) is 9.59 Å². The van der Waals surface area contributed by atoms with E-state index in [4.69, 9.17) is 22.4 Å². The van der Waals surface area contributed by atoms with Crippen molar-refractivity contribution in [1.29, 1.82) is 0 Å². The van der Waals surface area contributed by atoms with Gasteiger partial charge >= 0.3 is 5.97 Å². The number of halogens is 1. The maximum atomic E-state index is 12.1. The summed E-state index contributed by atoms with van der Waals surface area (Å²) in [5, 5.41) is 12.0. The van der Waals surface area contributed by atoms with Crippen LogP contribution in [0.15, 0.2) is 18.2 Å². The molecule has 0 unspecified atom stereocenters. The molecule has 0 heterocycles. The van der Waals surface area contributed by atoms with Gasteiger partial charge in [0.1, 0.15) is 0 Å². The lowest BCUT2D eigenvalue weighted by atomic mass is 9.86. The van der Waals surface area contributed by atoms with Crippen LogP contribution >= 0.6 is 11.6 Å². The first kappa shape index (κ1) is 14.8. The largest absolute Gasteiger partial charge is 0.478 e. The molecule has 1 fully saturated rings. The third kappa shape index (κ3) is 3.49. The topological polar surface area (TPSA) is 92.4 Å². The van der Waals surface area contributed by atoms with Crippen LogP contribution in [0.5, 0.6) is 0 Å². The molecule has 1 saturated carbocycles. The van der Waals surface area contributed by atoms with Gasteiger partial charge in [-0.3, -0.25) is 4.79 Å². The monoisotopic (exact) mass is 296 g/mol. The molecule has 0 aliphatic heterocycles. The Labute approximate surface area is 122 Å². The van der Waals surface area contributed by atoms with Crippen molar-refractivity contribution in [3.8, 4) is 0 Å². The molecule has 6 heteroatoms. The molecule has 2 rings (SSSR count). The Morgan fingerprint density at radius 1 is 1.25 bits per heavy atom. The lowest BCUT2D eigenvalue weighted by molar-refractivity contribution is -0.120. The Kier molecular flexibility index (Phi) is 4.62.